The van der Waals surface area contributed by atoms with Crippen LogP contribution in [0.2, 0.25) is 0 Å². The lowest BCUT2D eigenvalue weighted by molar-refractivity contribution is 0.0247. The number of aliphatic imine (C=N–C) groups is 1. The molecule has 2 aromatic rings. The van der Waals surface area contributed by atoms with E-state index in [1.54, 1.807) is 0 Å². The summed E-state index contributed by atoms with van der Waals surface area (Å²) in [5.74, 6) is 1.66. The Hall–Kier alpha value is -2.21. The van der Waals surface area contributed by atoms with Crippen LogP contribution in [-0.4, -0.2) is 51.0 Å². The fourth-order valence-electron chi connectivity index (χ4n) is 3.06. The highest BCUT2D eigenvalue weighted by Crippen LogP contribution is 2.34. The summed E-state index contributed by atoms with van der Waals surface area (Å²) >= 11 is 0. The van der Waals surface area contributed by atoms with Crippen molar-refractivity contribution >= 4 is 11.9 Å². The van der Waals surface area contributed by atoms with Crippen LogP contribution in [0.25, 0.3) is 0 Å². The van der Waals surface area contributed by atoms with Crippen molar-refractivity contribution in [2.45, 2.75) is 39.5 Å². The molecule has 0 amide bonds. The molecule has 0 spiro atoms. The predicted octanol–water partition coefficient (Wildman–Crippen LogP) is 5.09. The molecule has 1 N–H and O–H groups in total. The van der Waals surface area contributed by atoms with E-state index in [1.807, 2.05) is 30.5 Å². The molecular weight excluding hydrogens is 378 g/mol. The highest BCUT2D eigenvalue weighted by Gasteiger charge is 2.12. The number of para-hydroxylation sites is 1. The van der Waals surface area contributed by atoms with Crippen molar-refractivity contribution in [3.8, 4) is 5.75 Å². The Labute approximate surface area is 180 Å². The van der Waals surface area contributed by atoms with Gasteiger partial charge < -0.3 is 19.3 Å². The first kappa shape index (κ1) is 24.1. The molecule has 0 unspecified atom stereocenters. The van der Waals surface area contributed by atoms with E-state index in [1.165, 1.54) is 11.1 Å². The van der Waals surface area contributed by atoms with Gasteiger partial charge in [-0.2, -0.15) is 0 Å². The zero-order valence-electron chi connectivity index (χ0n) is 18.6. The van der Waals surface area contributed by atoms with E-state index in [-0.39, 0.29) is 6.61 Å². The zero-order chi connectivity index (χ0) is 21.8. The third-order valence-electron chi connectivity index (χ3n) is 4.67. The summed E-state index contributed by atoms with van der Waals surface area (Å²) in [5.41, 5.74) is 4.68. The molecule has 5 heteroatoms. The molecule has 0 heterocycles. The molecule has 0 aliphatic carbocycles. The van der Waals surface area contributed by atoms with Crippen LogP contribution >= 0.6 is 0 Å². The van der Waals surface area contributed by atoms with Crippen molar-refractivity contribution in [2.24, 2.45) is 4.99 Å². The van der Waals surface area contributed by atoms with Gasteiger partial charge in [0.15, 0.2) is 0 Å². The summed E-state index contributed by atoms with van der Waals surface area (Å²) in [4.78, 5) is 4.85. The average molecular weight is 414 g/mol. The van der Waals surface area contributed by atoms with E-state index in [9.17, 15) is 0 Å². The second-order valence-corrected chi connectivity index (χ2v) is 7.72. The largest absolute Gasteiger partial charge is 0.491 e. The number of rotatable bonds is 13. The lowest BCUT2D eigenvalue weighted by Crippen LogP contribution is -2.11. The first-order chi connectivity index (χ1) is 14.5. The maximum absolute atomic E-state index is 8.62. The van der Waals surface area contributed by atoms with E-state index in [2.05, 4.69) is 45.9 Å². The Balaban J connectivity index is 1.90. The van der Waals surface area contributed by atoms with E-state index >= 15 is 0 Å². The Morgan fingerprint density at radius 1 is 0.800 bits per heavy atom. The van der Waals surface area contributed by atoms with Gasteiger partial charge in [-0.1, -0.05) is 45.9 Å². The Bertz CT molecular complexity index is 743. The maximum atomic E-state index is 8.62. The van der Waals surface area contributed by atoms with Gasteiger partial charge in [0.25, 0.3) is 0 Å². The van der Waals surface area contributed by atoms with Gasteiger partial charge in [-0.25, -0.2) is 0 Å². The first-order valence-corrected chi connectivity index (χ1v) is 10.7. The molecule has 2 aromatic carbocycles. The minimum atomic E-state index is 0.0347. The number of hydrogen-bond donors (Lipinski definition) is 1. The molecule has 0 aromatic heterocycles. The van der Waals surface area contributed by atoms with E-state index in [4.69, 9.17) is 24.3 Å². The standard InChI is InChI=1S/C25H35NO4/c1-19(2)23-6-5-7-24(20(3)4)25(23)26-18-21-8-10-22(11-9-21)30-17-16-29-15-14-28-13-12-27/h5-11,18-20,27H,12-17H2,1-4H3/b26-18+. The van der Waals surface area contributed by atoms with Gasteiger partial charge in [-0.3, -0.25) is 4.99 Å². The molecule has 30 heavy (non-hydrogen) atoms. The van der Waals surface area contributed by atoms with Crippen LogP contribution in [0, 0.1) is 0 Å². The summed E-state index contributed by atoms with van der Waals surface area (Å²) in [6.07, 6.45) is 1.92. The first-order valence-electron chi connectivity index (χ1n) is 10.7. The van der Waals surface area contributed by atoms with Crippen LogP contribution in [-0.2, 0) is 9.47 Å². The molecule has 2 rings (SSSR count). The summed E-state index contributed by atoms with van der Waals surface area (Å²) in [5, 5.41) is 8.62. The average Bonchev–Trinajstić information content (AvgIpc) is 2.74. The van der Waals surface area contributed by atoms with Crippen LogP contribution in [0.4, 0.5) is 5.69 Å². The van der Waals surface area contributed by atoms with Crippen LogP contribution in [0.3, 0.4) is 0 Å². The van der Waals surface area contributed by atoms with Crippen molar-refractivity contribution in [1.29, 1.82) is 0 Å². The predicted molar refractivity (Wildman–Crippen MR) is 123 cm³/mol. The van der Waals surface area contributed by atoms with Crippen LogP contribution < -0.4 is 4.74 Å². The monoisotopic (exact) mass is 413 g/mol. The molecule has 0 atom stereocenters. The third kappa shape index (κ3) is 7.90. The molecule has 0 saturated carbocycles. The minimum Gasteiger partial charge on any atom is -0.491 e. The molecular formula is C25H35NO4. The van der Waals surface area contributed by atoms with Crippen molar-refractivity contribution in [3.63, 3.8) is 0 Å². The number of hydrogen-bond acceptors (Lipinski definition) is 5. The van der Waals surface area contributed by atoms with Crippen molar-refractivity contribution in [2.75, 3.05) is 39.6 Å². The lowest BCUT2D eigenvalue weighted by Gasteiger charge is -2.16. The fraction of sp³-hybridized carbons (Fsp3) is 0.480. The van der Waals surface area contributed by atoms with Crippen LogP contribution in [0.15, 0.2) is 47.5 Å². The van der Waals surface area contributed by atoms with E-state index < -0.39 is 0 Å². The van der Waals surface area contributed by atoms with Gasteiger partial charge >= 0.3 is 0 Å². The molecule has 0 radical (unpaired) electrons. The molecule has 0 aliphatic rings. The zero-order valence-corrected chi connectivity index (χ0v) is 18.6. The third-order valence-corrected chi connectivity index (χ3v) is 4.67. The van der Waals surface area contributed by atoms with Gasteiger partial charge in [0.2, 0.25) is 0 Å². The topological polar surface area (TPSA) is 60.3 Å². The Kier molecular flexibility index (Phi) is 10.6. The SMILES string of the molecule is CC(C)c1cccc(C(C)C)c1/N=C/c1ccc(OCCOCCOCCO)cc1. The molecule has 0 fully saturated rings. The summed E-state index contributed by atoms with van der Waals surface area (Å²) in [6, 6.07) is 14.4. The van der Waals surface area contributed by atoms with E-state index in [0.717, 1.165) is 17.0 Å². The van der Waals surface area contributed by atoms with Gasteiger partial charge in [0, 0.05) is 6.21 Å². The lowest BCUT2D eigenvalue weighted by atomic mass is 9.93. The number of nitrogens with zero attached hydrogens (tertiary/aromatic N) is 1. The number of aliphatic hydroxyl groups is 1. The Morgan fingerprint density at radius 3 is 1.93 bits per heavy atom. The maximum Gasteiger partial charge on any atom is 0.119 e. The highest BCUT2D eigenvalue weighted by molar-refractivity contribution is 5.83. The smallest absolute Gasteiger partial charge is 0.119 e. The van der Waals surface area contributed by atoms with Gasteiger partial charge in [0.05, 0.1) is 38.7 Å². The Morgan fingerprint density at radius 2 is 1.37 bits per heavy atom. The molecule has 0 saturated heterocycles. The van der Waals surface area contributed by atoms with Crippen molar-refractivity contribution < 1.29 is 19.3 Å². The number of ether oxygens (including phenoxy) is 3. The summed E-state index contributed by atoms with van der Waals surface area (Å²) in [6.45, 7) is 11.1. The number of aliphatic hydroxyl groups excluding tert-OH is 1. The minimum absolute atomic E-state index is 0.0347. The van der Waals surface area contributed by atoms with Crippen molar-refractivity contribution in [1.82, 2.24) is 0 Å². The molecule has 5 nitrogen and oxygen atoms in total. The summed E-state index contributed by atoms with van der Waals surface area (Å²) < 4.78 is 16.3. The van der Waals surface area contributed by atoms with E-state index in [0.29, 0.717) is 44.9 Å². The van der Waals surface area contributed by atoms with Crippen LogP contribution in [0.1, 0.15) is 56.2 Å². The van der Waals surface area contributed by atoms with Crippen molar-refractivity contribution in [3.05, 3.63) is 59.2 Å². The number of benzene rings is 2. The van der Waals surface area contributed by atoms with Gasteiger partial charge in [-0.05, 0) is 52.8 Å². The second kappa shape index (κ2) is 13.2. The highest BCUT2D eigenvalue weighted by atomic mass is 16.5. The molecule has 0 bridgehead atoms. The second-order valence-electron chi connectivity index (χ2n) is 7.72. The quantitative estimate of drug-likeness (QED) is 0.367. The summed E-state index contributed by atoms with van der Waals surface area (Å²) in [7, 11) is 0. The van der Waals surface area contributed by atoms with Gasteiger partial charge in [-0.15, -0.1) is 0 Å². The van der Waals surface area contributed by atoms with Gasteiger partial charge in [0.1, 0.15) is 12.4 Å². The normalized spacial score (nSPS) is 11.7. The molecule has 164 valence electrons. The van der Waals surface area contributed by atoms with Crippen LogP contribution in [0.5, 0.6) is 5.75 Å². The fourth-order valence-corrected chi connectivity index (χ4v) is 3.06. The molecule has 0 aliphatic heterocycles.